The third-order valence-corrected chi connectivity index (χ3v) is 10.5. The fourth-order valence-corrected chi connectivity index (χ4v) is 7.57. The van der Waals surface area contributed by atoms with Crippen LogP contribution in [-0.4, -0.2) is 138 Å². The molecule has 13 nitrogen and oxygen atoms in total. The van der Waals surface area contributed by atoms with E-state index in [9.17, 15) is 24.9 Å². The normalized spacial score (nSPS) is 47.8. The second kappa shape index (κ2) is 16.2. The van der Waals surface area contributed by atoms with Crippen LogP contribution in [0.1, 0.15) is 81.6 Å². The molecular formula is C34H62N2O11. The van der Waals surface area contributed by atoms with Gasteiger partial charge in [-0.25, -0.2) is 0 Å². The number of hydrogen-bond donors (Lipinski definition) is 4. The quantitative estimate of drug-likeness (QED) is 0.288. The van der Waals surface area contributed by atoms with Gasteiger partial charge in [0.05, 0.1) is 41.5 Å². The summed E-state index contributed by atoms with van der Waals surface area (Å²) in [6, 6.07) is -0.731. The van der Waals surface area contributed by atoms with Crippen molar-refractivity contribution < 1.29 is 53.3 Å². The van der Waals surface area contributed by atoms with E-state index >= 15 is 0 Å². The zero-order valence-electron chi connectivity index (χ0n) is 30.5. The van der Waals surface area contributed by atoms with E-state index in [-0.39, 0.29) is 36.7 Å². The van der Waals surface area contributed by atoms with Crippen molar-refractivity contribution in [3.05, 3.63) is 0 Å². The second-order valence-electron chi connectivity index (χ2n) is 15.1. The Labute approximate surface area is 280 Å². The predicted octanol–water partition coefficient (Wildman–Crippen LogP) is 1.63. The van der Waals surface area contributed by atoms with Gasteiger partial charge in [-0.2, -0.15) is 0 Å². The number of rotatable bonds is 7. The summed E-state index contributed by atoms with van der Waals surface area (Å²) in [4.78, 5) is 28.4. The number of aliphatic hydroxyl groups is 3. The molecule has 0 radical (unpaired) electrons. The molecule has 0 aromatic carbocycles. The maximum Gasteiger partial charge on any atom is 0.312 e. The lowest BCUT2D eigenvalue weighted by molar-refractivity contribution is -0.317. The van der Waals surface area contributed by atoms with E-state index in [1.54, 1.807) is 34.6 Å². The van der Waals surface area contributed by atoms with Crippen LogP contribution < -0.4 is 5.32 Å². The lowest BCUT2D eigenvalue weighted by Crippen LogP contribution is -2.60. The Morgan fingerprint density at radius 2 is 1.66 bits per heavy atom. The number of aliphatic hydroxyl groups excluding tert-OH is 2. The van der Waals surface area contributed by atoms with Crippen LogP contribution in [-0.2, 0) is 38.0 Å². The van der Waals surface area contributed by atoms with Gasteiger partial charge in [0, 0.05) is 31.5 Å². The van der Waals surface area contributed by atoms with Crippen molar-refractivity contribution in [1.29, 1.82) is 0 Å². The summed E-state index contributed by atoms with van der Waals surface area (Å²) in [5, 5.41) is 37.8. The minimum atomic E-state index is -1.49. The number of ether oxygens (including phenoxy) is 6. The molecule has 3 rings (SSSR count). The highest BCUT2D eigenvalue weighted by Crippen LogP contribution is 2.39. The summed E-state index contributed by atoms with van der Waals surface area (Å²) >= 11 is 0. The van der Waals surface area contributed by atoms with Crippen LogP contribution >= 0.6 is 0 Å². The summed E-state index contributed by atoms with van der Waals surface area (Å²) in [5.41, 5.74) is -2.48. The van der Waals surface area contributed by atoms with Crippen LogP contribution in [0, 0.1) is 17.8 Å². The molecule has 3 heterocycles. The van der Waals surface area contributed by atoms with Gasteiger partial charge in [-0.1, -0.05) is 13.8 Å². The summed E-state index contributed by atoms with van der Waals surface area (Å²) in [6.45, 7) is 16.1. The molecule has 0 aromatic heterocycles. The zero-order chi connectivity index (χ0) is 35.6. The molecule has 0 spiro atoms. The van der Waals surface area contributed by atoms with Gasteiger partial charge in [0.25, 0.3) is 0 Å². The van der Waals surface area contributed by atoms with Crippen molar-refractivity contribution in [3.63, 3.8) is 0 Å². The van der Waals surface area contributed by atoms with Crippen molar-refractivity contribution in [2.75, 3.05) is 27.7 Å². The highest BCUT2D eigenvalue weighted by atomic mass is 16.7. The SMILES string of the molecule is CO[C@]1(C)C[C@H](O[C@H]2[C@H](C)[C@@H](O[C@@H]3O[C@H](C)C[C@H](N(C)C)[C@H]3O)[C@@](C)(O)C[C@@H](C)CN[C@@H](C)[C@@H](C(C)=O)OC(=O)[C@@H]2C)O[C@@H](C)[C@@H]1O. The van der Waals surface area contributed by atoms with Gasteiger partial charge in [0.2, 0.25) is 0 Å². The van der Waals surface area contributed by atoms with Crippen LogP contribution in [0.2, 0.25) is 0 Å². The van der Waals surface area contributed by atoms with Crippen LogP contribution in [0.4, 0.5) is 0 Å². The maximum absolute atomic E-state index is 13.8. The van der Waals surface area contributed by atoms with E-state index in [2.05, 4.69) is 5.32 Å². The van der Waals surface area contributed by atoms with Crippen molar-refractivity contribution in [2.45, 2.75) is 160 Å². The third kappa shape index (κ3) is 9.50. The van der Waals surface area contributed by atoms with E-state index in [0.29, 0.717) is 13.0 Å². The number of Topliss-reactive ketones (excluding diaryl/α,β-unsaturated/α-hetero) is 1. The molecule has 0 saturated carbocycles. The number of esters is 1. The predicted molar refractivity (Wildman–Crippen MR) is 173 cm³/mol. The Morgan fingerprint density at radius 1 is 1.02 bits per heavy atom. The molecule has 4 N–H and O–H groups in total. The Kier molecular flexibility index (Phi) is 13.8. The number of cyclic esters (lactones) is 1. The molecule has 0 unspecified atom stereocenters. The van der Waals surface area contributed by atoms with Gasteiger partial charge in [0.1, 0.15) is 12.2 Å². The van der Waals surface area contributed by atoms with Gasteiger partial charge in [-0.3, -0.25) is 9.59 Å². The fraction of sp³-hybridized carbons (Fsp3) is 0.941. The second-order valence-corrected chi connectivity index (χ2v) is 15.1. The lowest BCUT2D eigenvalue weighted by atomic mass is 9.77. The fourth-order valence-electron chi connectivity index (χ4n) is 7.57. The zero-order valence-corrected chi connectivity index (χ0v) is 30.5. The summed E-state index contributed by atoms with van der Waals surface area (Å²) in [5.74, 6) is -2.70. The van der Waals surface area contributed by atoms with Gasteiger partial charge < -0.3 is 54.0 Å². The van der Waals surface area contributed by atoms with Gasteiger partial charge in [-0.05, 0) is 87.9 Å². The first kappa shape index (κ1) is 40.2. The number of methoxy groups -OCH3 is 1. The Morgan fingerprint density at radius 3 is 2.23 bits per heavy atom. The Balaban J connectivity index is 2.10. The Bertz CT molecular complexity index is 1050. The molecular weight excluding hydrogens is 612 g/mol. The third-order valence-electron chi connectivity index (χ3n) is 10.5. The van der Waals surface area contributed by atoms with E-state index in [1.165, 1.54) is 14.0 Å². The van der Waals surface area contributed by atoms with E-state index in [4.69, 9.17) is 28.4 Å². The van der Waals surface area contributed by atoms with Crippen LogP contribution in [0.5, 0.6) is 0 Å². The van der Waals surface area contributed by atoms with Gasteiger partial charge in [-0.15, -0.1) is 0 Å². The van der Waals surface area contributed by atoms with Crippen molar-refractivity contribution in [1.82, 2.24) is 10.2 Å². The standard InChI is InChI=1S/C34H62N2O11/c1-17-14-33(8,41)30(47-32-26(38)24(36(10)11)13-18(2)43-32)19(3)27(45-25-15-34(9,42-12)29(39)23(7)44-25)20(4)31(40)46-28(22(6)37)21(5)35-16-17/h17-21,23-30,32,35,38-39,41H,13-16H2,1-12H3/t17-,18-,19+,20-,21+,23+,24+,25+,26-,27+,28+,29+,30-,32+,33+,34-/m1/s1. The summed E-state index contributed by atoms with van der Waals surface area (Å²) in [7, 11) is 5.28. The van der Waals surface area contributed by atoms with Crippen molar-refractivity contribution in [3.8, 4) is 0 Å². The molecule has 274 valence electrons. The highest BCUT2D eigenvalue weighted by molar-refractivity contribution is 5.84. The molecule has 16 atom stereocenters. The van der Waals surface area contributed by atoms with Crippen LogP contribution in [0.25, 0.3) is 0 Å². The largest absolute Gasteiger partial charge is 0.452 e. The van der Waals surface area contributed by atoms with Gasteiger partial charge >= 0.3 is 5.97 Å². The molecule has 47 heavy (non-hydrogen) atoms. The number of nitrogens with zero attached hydrogens (tertiary/aromatic N) is 1. The monoisotopic (exact) mass is 674 g/mol. The molecule has 0 bridgehead atoms. The molecule has 0 aromatic rings. The molecule has 3 saturated heterocycles. The molecule has 0 aliphatic carbocycles. The van der Waals surface area contributed by atoms with Gasteiger partial charge in [0.15, 0.2) is 24.5 Å². The number of carbonyl (C=O) groups excluding carboxylic acids is 2. The highest BCUT2D eigenvalue weighted by Gasteiger charge is 2.51. The minimum absolute atomic E-state index is 0.0938. The van der Waals surface area contributed by atoms with Crippen molar-refractivity contribution in [2.24, 2.45) is 17.8 Å². The topological polar surface area (TPSA) is 165 Å². The van der Waals surface area contributed by atoms with Crippen LogP contribution in [0.15, 0.2) is 0 Å². The summed E-state index contributed by atoms with van der Waals surface area (Å²) in [6.07, 6.45) is -6.76. The average molecular weight is 675 g/mol. The van der Waals surface area contributed by atoms with E-state index in [0.717, 1.165) is 0 Å². The lowest BCUT2D eigenvalue weighted by Gasteiger charge is -2.48. The number of carbonyl (C=O) groups is 2. The maximum atomic E-state index is 13.8. The minimum Gasteiger partial charge on any atom is -0.452 e. The number of likely N-dealkylation sites (N-methyl/N-ethyl adjacent to an activating group) is 1. The first-order valence-corrected chi connectivity index (χ1v) is 17.1. The number of ketones is 1. The first-order chi connectivity index (χ1) is 21.7. The first-order valence-electron chi connectivity index (χ1n) is 17.1. The Hall–Kier alpha value is -1.26. The van der Waals surface area contributed by atoms with Crippen LogP contribution in [0.3, 0.4) is 0 Å². The number of nitrogens with one attached hydrogen (secondary N) is 1. The number of hydrogen-bond acceptors (Lipinski definition) is 13. The van der Waals surface area contributed by atoms with Crippen molar-refractivity contribution >= 4 is 11.8 Å². The molecule has 3 fully saturated rings. The molecule has 13 heteroatoms. The van der Waals surface area contributed by atoms with E-state index in [1.807, 2.05) is 39.8 Å². The molecule has 3 aliphatic heterocycles. The smallest absolute Gasteiger partial charge is 0.312 e. The average Bonchev–Trinajstić information content (AvgIpc) is 2.98. The van der Waals surface area contributed by atoms with E-state index < -0.39 is 84.3 Å². The summed E-state index contributed by atoms with van der Waals surface area (Å²) < 4.78 is 37.0. The molecule has 0 amide bonds. The molecule has 3 aliphatic rings.